The van der Waals surface area contributed by atoms with Crippen molar-refractivity contribution in [1.29, 1.82) is 0 Å². The lowest BCUT2D eigenvalue weighted by Gasteiger charge is -2.07. The smallest absolute Gasteiger partial charge is 0.291 e. The first-order valence-corrected chi connectivity index (χ1v) is 6.55. The summed E-state index contributed by atoms with van der Waals surface area (Å²) in [4.78, 5) is 14.7. The average Bonchev–Trinajstić information content (AvgIpc) is 2.75. The third-order valence-corrected chi connectivity index (χ3v) is 3.66. The van der Waals surface area contributed by atoms with E-state index in [0.29, 0.717) is 16.7 Å². The molecule has 2 aromatic rings. The zero-order chi connectivity index (χ0) is 14.0. The molecule has 0 radical (unpaired) electrons. The average molecular weight is 320 g/mol. The summed E-state index contributed by atoms with van der Waals surface area (Å²) < 4.78 is 0.419. The Morgan fingerprint density at radius 1 is 1.47 bits per heavy atom. The van der Waals surface area contributed by atoms with E-state index in [0.717, 1.165) is 10.9 Å². The summed E-state index contributed by atoms with van der Waals surface area (Å²) in [6.07, 6.45) is 1.60. The van der Waals surface area contributed by atoms with Crippen LogP contribution in [0.15, 0.2) is 18.3 Å². The van der Waals surface area contributed by atoms with Gasteiger partial charge in [0.25, 0.3) is 5.69 Å². The molecule has 0 bridgehead atoms. The lowest BCUT2D eigenvalue weighted by atomic mass is 10.2. The van der Waals surface area contributed by atoms with Crippen LogP contribution in [0.2, 0.25) is 9.49 Å². The monoisotopic (exact) mass is 319 g/mol. The number of phenols is 1. The number of benzene rings is 1. The molecule has 19 heavy (non-hydrogen) atoms. The molecule has 0 spiro atoms. The van der Waals surface area contributed by atoms with Crippen LogP contribution in [0, 0.1) is 10.1 Å². The topological polar surface area (TPSA) is 88.3 Å². The molecule has 0 aliphatic rings. The number of nitrogens with zero attached hydrogens (tertiary/aromatic N) is 2. The SMILES string of the molecule is O=[N+]([O-])c1cc(O)c(NCc2cnc(Cl)s2)cc1Cl. The maximum absolute atomic E-state index is 10.6. The minimum atomic E-state index is -0.658. The number of nitro benzene ring substituents is 1. The van der Waals surface area contributed by atoms with E-state index in [2.05, 4.69) is 10.3 Å². The van der Waals surface area contributed by atoms with Crippen molar-refractivity contribution in [2.75, 3.05) is 5.32 Å². The van der Waals surface area contributed by atoms with Gasteiger partial charge in [-0.25, -0.2) is 4.98 Å². The van der Waals surface area contributed by atoms with Crippen LogP contribution in [0.4, 0.5) is 11.4 Å². The van der Waals surface area contributed by atoms with Gasteiger partial charge in [-0.1, -0.05) is 23.2 Å². The molecule has 0 saturated heterocycles. The number of hydrogen-bond donors (Lipinski definition) is 2. The van der Waals surface area contributed by atoms with Gasteiger partial charge in [0.2, 0.25) is 0 Å². The summed E-state index contributed by atoms with van der Waals surface area (Å²) in [5, 5.41) is 23.2. The van der Waals surface area contributed by atoms with E-state index in [1.165, 1.54) is 17.4 Å². The zero-order valence-corrected chi connectivity index (χ0v) is 11.6. The van der Waals surface area contributed by atoms with Crippen molar-refractivity contribution in [3.63, 3.8) is 0 Å². The summed E-state index contributed by atoms with van der Waals surface area (Å²) in [6.45, 7) is 0.381. The molecule has 2 N–H and O–H groups in total. The van der Waals surface area contributed by atoms with Crippen LogP contribution in [0.3, 0.4) is 0 Å². The first-order valence-electron chi connectivity index (χ1n) is 4.98. The highest BCUT2D eigenvalue weighted by Gasteiger charge is 2.16. The fraction of sp³-hybridized carbons (Fsp3) is 0.100. The van der Waals surface area contributed by atoms with E-state index in [9.17, 15) is 15.2 Å². The third-order valence-electron chi connectivity index (χ3n) is 2.24. The van der Waals surface area contributed by atoms with Crippen LogP contribution >= 0.6 is 34.5 Å². The van der Waals surface area contributed by atoms with E-state index < -0.39 is 4.92 Å². The number of nitrogens with one attached hydrogen (secondary N) is 1. The number of aromatic hydroxyl groups is 1. The second kappa shape index (κ2) is 5.60. The lowest BCUT2D eigenvalue weighted by molar-refractivity contribution is -0.384. The Bertz CT molecular complexity index is 632. The van der Waals surface area contributed by atoms with Crippen molar-refractivity contribution in [1.82, 2.24) is 4.98 Å². The molecule has 2 rings (SSSR count). The molecule has 0 aliphatic carbocycles. The molecule has 0 unspecified atom stereocenters. The van der Waals surface area contributed by atoms with Crippen LogP contribution in [-0.2, 0) is 6.54 Å². The fourth-order valence-corrected chi connectivity index (χ4v) is 2.53. The van der Waals surface area contributed by atoms with Crippen molar-refractivity contribution < 1.29 is 10.0 Å². The predicted molar refractivity (Wildman–Crippen MR) is 74.2 cm³/mol. The summed E-state index contributed by atoms with van der Waals surface area (Å²) in [6, 6.07) is 2.31. The highest BCUT2D eigenvalue weighted by atomic mass is 35.5. The third kappa shape index (κ3) is 3.25. The number of halogens is 2. The van der Waals surface area contributed by atoms with Gasteiger partial charge in [0.1, 0.15) is 10.8 Å². The van der Waals surface area contributed by atoms with Crippen molar-refractivity contribution in [3.8, 4) is 5.75 Å². The molecule has 100 valence electrons. The number of thiazole rings is 1. The number of phenolic OH excluding ortho intramolecular Hbond substituents is 1. The Morgan fingerprint density at radius 2 is 2.21 bits per heavy atom. The Hall–Kier alpha value is -1.57. The molecule has 0 saturated carbocycles. The minimum absolute atomic E-state index is 0.0485. The van der Waals surface area contributed by atoms with E-state index >= 15 is 0 Å². The van der Waals surface area contributed by atoms with Gasteiger partial charge in [-0.15, -0.1) is 11.3 Å². The van der Waals surface area contributed by atoms with Gasteiger partial charge in [-0.05, 0) is 6.07 Å². The molecule has 0 atom stereocenters. The summed E-state index contributed by atoms with van der Waals surface area (Å²) in [5.41, 5.74) is -0.0364. The molecule has 0 fully saturated rings. The molecule has 1 aromatic heterocycles. The highest BCUT2D eigenvalue weighted by Crippen LogP contribution is 2.35. The summed E-state index contributed by atoms with van der Waals surface area (Å²) in [5.74, 6) is -0.244. The van der Waals surface area contributed by atoms with Gasteiger partial charge in [-0.3, -0.25) is 10.1 Å². The first kappa shape index (κ1) is 13.9. The van der Waals surface area contributed by atoms with Crippen molar-refractivity contribution in [2.45, 2.75) is 6.54 Å². The number of aromatic nitrogens is 1. The predicted octanol–water partition coefficient (Wildman–Crippen LogP) is 3.68. The van der Waals surface area contributed by atoms with Crippen LogP contribution in [-0.4, -0.2) is 15.0 Å². The van der Waals surface area contributed by atoms with Crippen molar-refractivity contribution in [3.05, 3.63) is 42.8 Å². The molecular weight excluding hydrogens is 313 g/mol. The van der Waals surface area contributed by atoms with Crippen LogP contribution in [0.1, 0.15) is 4.88 Å². The van der Waals surface area contributed by atoms with Gasteiger partial charge < -0.3 is 10.4 Å². The molecule has 9 heteroatoms. The van der Waals surface area contributed by atoms with E-state index in [1.54, 1.807) is 6.20 Å². The zero-order valence-electron chi connectivity index (χ0n) is 9.26. The maximum atomic E-state index is 10.6. The fourth-order valence-electron chi connectivity index (χ4n) is 1.38. The van der Waals surface area contributed by atoms with Crippen molar-refractivity contribution >= 4 is 45.9 Å². The Kier molecular flexibility index (Phi) is 4.08. The number of rotatable bonds is 4. The second-order valence-electron chi connectivity index (χ2n) is 3.51. The largest absolute Gasteiger partial charge is 0.506 e. The van der Waals surface area contributed by atoms with E-state index in [4.69, 9.17) is 23.2 Å². The van der Waals surface area contributed by atoms with Crippen LogP contribution in [0.5, 0.6) is 5.75 Å². The Morgan fingerprint density at radius 3 is 2.79 bits per heavy atom. The molecular formula is C10H7Cl2N3O3S. The van der Waals surface area contributed by atoms with Gasteiger partial charge in [0, 0.05) is 11.1 Å². The van der Waals surface area contributed by atoms with Crippen LogP contribution < -0.4 is 5.32 Å². The molecule has 1 heterocycles. The first-order chi connectivity index (χ1) is 8.97. The Balaban J connectivity index is 2.17. The second-order valence-corrected chi connectivity index (χ2v) is 5.62. The van der Waals surface area contributed by atoms with E-state index in [1.807, 2.05) is 0 Å². The number of hydrogen-bond acceptors (Lipinski definition) is 6. The van der Waals surface area contributed by atoms with Gasteiger partial charge >= 0.3 is 0 Å². The number of anilines is 1. The molecule has 1 aromatic carbocycles. The quantitative estimate of drug-likeness (QED) is 0.510. The standard InChI is InChI=1S/C10H7Cl2N3O3S/c11-6-1-7(9(16)2-8(6)15(17)18)13-3-5-4-14-10(12)19-5/h1-2,4,13,16H,3H2. The lowest BCUT2D eigenvalue weighted by Crippen LogP contribution is -1.99. The van der Waals surface area contributed by atoms with Gasteiger partial charge in [-0.2, -0.15) is 0 Å². The van der Waals surface area contributed by atoms with Gasteiger partial charge in [0.15, 0.2) is 4.47 Å². The number of nitro groups is 1. The maximum Gasteiger partial charge on any atom is 0.291 e. The normalized spacial score (nSPS) is 10.4. The van der Waals surface area contributed by atoms with Crippen molar-refractivity contribution in [2.24, 2.45) is 0 Å². The molecule has 0 aliphatic heterocycles. The molecule has 6 nitrogen and oxygen atoms in total. The summed E-state index contributed by atoms with van der Waals surface area (Å²) in [7, 11) is 0. The van der Waals surface area contributed by atoms with E-state index in [-0.39, 0.29) is 16.5 Å². The van der Waals surface area contributed by atoms with Gasteiger partial charge in [0.05, 0.1) is 23.2 Å². The molecule has 0 amide bonds. The minimum Gasteiger partial charge on any atom is -0.506 e. The highest BCUT2D eigenvalue weighted by molar-refractivity contribution is 7.15. The van der Waals surface area contributed by atoms with Crippen LogP contribution in [0.25, 0.3) is 0 Å². The summed E-state index contributed by atoms with van der Waals surface area (Å²) >= 11 is 12.7. The Labute approximate surface area is 121 Å².